The second-order valence-electron chi connectivity index (χ2n) is 4.23. The molecule has 19 heavy (non-hydrogen) atoms. The lowest BCUT2D eigenvalue weighted by Gasteiger charge is -2.17. The average molecular weight is 282 g/mol. The second kappa shape index (κ2) is 7.94. The summed E-state index contributed by atoms with van der Waals surface area (Å²) in [5, 5.41) is 3.33. The van der Waals surface area contributed by atoms with Gasteiger partial charge in [0.15, 0.2) is 0 Å². The van der Waals surface area contributed by atoms with E-state index < -0.39 is 0 Å². The summed E-state index contributed by atoms with van der Waals surface area (Å²) < 4.78 is 4.98. The van der Waals surface area contributed by atoms with Crippen molar-refractivity contribution in [2.75, 3.05) is 29.2 Å². The first-order valence-corrected chi connectivity index (χ1v) is 7.64. The molecule has 0 fully saturated rings. The summed E-state index contributed by atoms with van der Waals surface area (Å²) >= 11 is 1.86. The molecule has 0 amide bonds. The zero-order valence-corrected chi connectivity index (χ0v) is 12.5. The number of nitrogens with two attached hydrogens (primary N) is 1. The summed E-state index contributed by atoms with van der Waals surface area (Å²) in [5.74, 6) is 1.77. The van der Waals surface area contributed by atoms with Crippen LogP contribution in [0.5, 0.6) is 0 Å². The maximum atomic E-state index is 11.7. The predicted octanol–water partition coefficient (Wildman–Crippen LogP) is 3.00. The number of ether oxygens (including phenoxy) is 1. The van der Waals surface area contributed by atoms with Gasteiger partial charge in [-0.15, -0.1) is 0 Å². The molecule has 4 nitrogen and oxygen atoms in total. The van der Waals surface area contributed by atoms with Crippen LogP contribution in [0.1, 0.15) is 31.1 Å². The quantitative estimate of drug-likeness (QED) is 0.594. The van der Waals surface area contributed by atoms with Crippen molar-refractivity contribution in [1.29, 1.82) is 0 Å². The van der Waals surface area contributed by atoms with Crippen LogP contribution in [0.25, 0.3) is 0 Å². The highest BCUT2D eigenvalue weighted by molar-refractivity contribution is 7.99. The summed E-state index contributed by atoms with van der Waals surface area (Å²) in [6, 6.07) is 5.46. The highest BCUT2D eigenvalue weighted by Crippen LogP contribution is 2.22. The minimum atomic E-state index is -0.318. The van der Waals surface area contributed by atoms with E-state index >= 15 is 0 Å². The number of nitrogen functional groups attached to an aromatic ring is 1. The molecule has 0 radical (unpaired) electrons. The molecule has 0 bridgehead atoms. The van der Waals surface area contributed by atoms with Gasteiger partial charge in [-0.2, -0.15) is 11.8 Å². The van der Waals surface area contributed by atoms with Crippen molar-refractivity contribution in [1.82, 2.24) is 0 Å². The Balaban J connectivity index is 2.76. The number of thioether (sulfide) groups is 1. The molecule has 106 valence electrons. The van der Waals surface area contributed by atoms with Gasteiger partial charge in [0.1, 0.15) is 0 Å². The van der Waals surface area contributed by atoms with Gasteiger partial charge in [-0.1, -0.05) is 6.92 Å². The molecule has 0 aromatic heterocycles. The van der Waals surface area contributed by atoms with E-state index in [9.17, 15) is 4.79 Å². The molecule has 1 atom stereocenters. The molecule has 0 aliphatic carbocycles. The number of rotatable bonds is 7. The Hall–Kier alpha value is -1.36. The molecule has 0 aliphatic rings. The van der Waals surface area contributed by atoms with Gasteiger partial charge in [-0.25, -0.2) is 4.79 Å². The van der Waals surface area contributed by atoms with Crippen molar-refractivity contribution in [3.8, 4) is 0 Å². The first-order valence-electron chi connectivity index (χ1n) is 6.49. The van der Waals surface area contributed by atoms with Crippen LogP contribution in [-0.4, -0.2) is 30.1 Å². The Kier molecular flexibility index (Phi) is 6.56. The summed E-state index contributed by atoms with van der Waals surface area (Å²) in [6.07, 6.45) is 0. The lowest BCUT2D eigenvalue weighted by Crippen LogP contribution is -2.19. The topological polar surface area (TPSA) is 64.3 Å². The van der Waals surface area contributed by atoms with Crippen LogP contribution < -0.4 is 11.1 Å². The Morgan fingerprint density at radius 3 is 2.84 bits per heavy atom. The van der Waals surface area contributed by atoms with Crippen LogP contribution in [-0.2, 0) is 4.74 Å². The number of hydrogen-bond acceptors (Lipinski definition) is 5. The van der Waals surface area contributed by atoms with Crippen LogP contribution in [0.4, 0.5) is 11.4 Å². The number of carbonyl (C=O) groups is 1. The molecule has 0 saturated heterocycles. The number of hydrogen-bond donors (Lipinski definition) is 2. The summed E-state index contributed by atoms with van der Waals surface area (Å²) in [5.41, 5.74) is 7.87. The van der Waals surface area contributed by atoms with Gasteiger partial charge in [0.2, 0.25) is 0 Å². The van der Waals surface area contributed by atoms with Crippen LogP contribution >= 0.6 is 11.8 Å². The molecule has 1 aromatic rings. The molecular formula is C14H22N2O2S. The van der Waals surface area contributed by atoms with Crippen molar-refractivity contribution in [3.05, 3.63) is 23.8 Å². The maximum absolute atomic E-state index is 11.7. The van der Waals surface area contributed by atoms with Crippen LogP contribution in [0, 0.1) is 0 Å². The number of benzene rings is 1. The smallest absolute Gasteiger partial charge is 0.338 e. The molecule has 1 aromatic carbocycles. The van der Waals surface area contributed by atoms with Crippen molar-refractivity contribution in [3.63, 3.8) is 0 Å². The maximum Gasteiger partial charge on any atom is 0.338 e. The van der Waals surface area contributed by atoms with E-state index in [0.29, 0.717) is 23.9 Å². The molecule has 0 spiro atoms. The van der Waals surface area contributed by atoms with Gasteiger partial charge < -0.3 is 15.8 Å². The molecular weight excluding hydrogens is 260 g/mol. The van der Waals surface area contributed by atoms with Crippen molar-refractivity contribution in [2.45, 2.75) is 26.8 Å². The fraction of sp³-hybridized carbons (Fsp3) is 0.500. The van der Waals surface area contributed by atoms with Crippen LogP contribution in [0.3, 0.4) is 0 Å². The summed E-state index contributed by atoms with van der Waals surface area (Å²) in [6.45, 7) is 6.39. The fourth-order valence-electron chi connectivity index (χ4n) is 1.62. The first-order chi connectivity index (χ1) is 9.08. The standard InChI is InChI=1S/C14H22N2O2S/c1-4-18-14(17)11-6-7-12(15)13(8-11)16-10(3)9-19-5-2/h6-8,10,16H,4-5,9,15H2,1-3H3. The number of anilines is 2. The van der Waals surface area contributed by atoms with E-state index in [1.807, 2.05) is 11.8 Å². The fourth-order valence-corrected chi connectivity index (χ4v) is 2.30. The number of carbonyl (C=O) groups excluding carboxylic acids is 1. The van der Waals surface area contributed by atoms with Gasteiger partial charge >= 0.3 is 5.97 Å². The monoisotopic (exact) mass is 282 g/mol. The van der Waals surface area contributed by atoms with Crippen molar-refractivity contribution < 1.29 is 9.53 Å². The molecule has 1 rings (SSSR count). The average Bonchev–Trinajstić information content (AvgIpc) is 2.39. The predicted molar refractivity (Wildman–Crippen MR) is 82.9 cm³/mol. The molecule has 3 N–H and O–H groups in total. The highest BCUT2D eigenvalue weighted by atomic mass is 32.2. The Bertz CT molecular complexity index is 424. The normalized spacial score (nSPS) is 11.9. The Labute approximate surface area is 119 Å². The Morgan fingerprint density at radius 2 is 2.21 bits per heavy atom. The molecule has 0 heterocycles. The zero-order chi connectivity index (χ0) is 14.3. The first kappa shape index (κ1) is 15.7. The third-order valence-corrected chi connectivity index (χ3v) is 3.68. The third-order valence-electron chi connectivity index (χ3n) is 2.54. The van der Waals surface area contributed by atoms with E-state index in [1.165, 1.54) is 0 Å². The summed E-state index contributed by atoms with van der Waals surface area (Å²) in [4.78, 5) is 11.7. The van der Waals surface area contributed by atoms with E-state index in [1.54, 1.807) is 25.1 Å². The van der Waals surface area contributed by atoms with Gasteiger partial charge in [0.05, 0.1) is 23.5 Å². The van der Waals surface area contributed by atoms with Gasteiger partial charge in [0, 0.05) is 11.8 Å². The van der Waals surface area contributed by atoms with E-state index in [0.717, 1.165) is 17.2 Å². The molecule has 1 unspecified atom stereocenters. The Morgan fingerprint density at radius 1 is 1.47 bits per heavy atom. The summed E-state index contributed by atoms with van der Waals surface area (Å²) in [7, 11) is 0. The van der Waals surface area contributed by atoms with Gasteiger partial charge in [-0.05, 0) is 37.8 Å². The lowest BCUT2D eigenvalue weighted by atomic mass is 10.1. The van der Waals surface area contributed by atoms with Crippen molar-refractivity contribution in [2.24, 2.45) is 0 Å². The third kappa shape index (κ3) is 5.03. The minimum absolute atomic E-state index is 0.296. The van der Waals surface area contributed by atoms with Gasteiger partial charge in [-0.3, -0.25) is 0 Å². The molecule has 5 heteroatoms. The highest BCUT2D eigenvalue weighted by Gasteiger charge is 2.10. The second-order valence-corrected chi connectivity index (χ2v) is 5.55. The molecule has 0 saturated carbocycles. The zero-order valence-electron chi connectivity index (χ0n) is 11.7. The molecule has 0 aliphatic heterocycles. The van der Waals surface area contributed by atoms with Crippen LogP contribution in [0.15, 0.2) is 18.2 Å². The van der Waals surface area contributed by atoms with Crippen LogP contribution in [0.2, 0.25) is 0 Å². The van der Waals surface area contributed by atoms with Crippen molar-refractivity contribution >= 4 is 29.1 Å². The number of nitrogens with one attached hydrogen (secondary N) is 1. The van der Waals surface area contributed by atoms with Gasteiger partial charge in [0.25, 0.3) is 0 Å². The number of esters is 1. The minimum Gasteiger partial charge on any atom is -0.462 e. The van der Waals surface area contributed by atoms with E-state index in [2.05, 4.69) is 19.2 Å². The van der Waals surface area contributed by atoms with E-state index in [4.69, 9.17) is 10.5 Å². The largest absolute Gasteiger partial charge is 0.462 e. The lowest BCUT2D eigenvalue weighted by molar-refractivity contribution is 0.0526. The van der Waals surface area contributed by atoms with E-state index in [-0.39, 0.29) is 5.97 Å². The SMILES string of the molecule is CCOC(=O)c1ccc(N)c(NC(C)CSCC)c1.